The molecule has 2 aliphatic carbocycles. The first kappa shape index (κ1) is 25.0. The van der Waals surface area contributed by atoms with Gasteiger partial charge in [0.15, 0.2) is 11.6 Å². The number of hydrogen-bond acceptors (Lipinski definition) is 6. The Labute approximate surface area is 216 Å². The molecule has 0 amide bonds. The summed E-state index contributed by atoms with van der Waals surface area (Å²) in [6.07, 6.45) is 14.8. The zero-order valence-corrected chi connectivity index (χ0v) is 22.8. The van der Waals surface area contributed by atoms with Crippen molar-refractivity contribution in [3.63, 3.8) is 0 Å². The van der Waals surface area contributed by atoms with Crippen LogP contribution in [0.15, 0.2) is 11.1 Å². The van der Waals surface area contributed by atoms with Crippen LogP contribution in [0.25, 0.3) is 12.2 Å². The normalized spacial score (nSPS) is 19.3. The van der Waals surface area contributed by atoms with E-state index in [4.69, 9.17) is 15.1 Å². The van der Waals surface area contributed by atoms with Crippen molar-refractivity contribution >= 4 is 24.0 Å². The summed E-state index contributed by atoms with van der Waals surface area (Å²) in [6, 6.07) is 0. The highest BCUT2D eigenvalue weighted by Crippen LogP contribution is 2.32. The van der Waals surface area contributed by atoms with E-state index in [1.807, 2.05) is 0 Å². The molecule has 0 aromatic carbocycles. The van der Waals surface area contributed by atoms with E-state index in [2.05, 4.69) is 64.1 Å². The molecule has 2 aliphatic heterocycles. The topological polar surface area (TPSA) is 67.9 Å². The lowest BCUT2D eigenvalue weighted by molar-refractivity contribution is 0.556. The van der Waals surface area contributed by atoms with Gasteiger partial charge in [-0.05, 0) is 103 Å². The fraction of sp³-hybridized carbons (Fsp3) is 0.714. The Bertz CT molecular complexity index is 1070. The van der Waals surface area contributed by atoms with Gasteiger partial charge >= 0.3 is 0 Å². The summed E-state index contributed by atoms with van der Waals surface area (Å²) >= 11 is 0. The van der Waals surface area contributed by atoms with Gasteiger partial charge in [0.2, 0.25) is 11.9 Å². The highest BCUT2D eigenvalue weighted by molar-refractivity contribution is 5.48. The van der Waals surface area contributed by atoms with E-state index >= 15 is 0 Å². The number of aromatic nitrogens is 6. The van der Waals surface area contributed by atoms with E-state index in [1.54, 1.807) is 0 Å². The summed E-state index contributed by atoms with van der Waals surface area (Å²) in [5.41, 5.74) is 2.54. The van der Waals surface area contributed by atoms with Crippen LogP contribution < -0.4 is 9.80 Å². The third-order valence-electron chi connectivity index (χ3n) is 7.23. The molecule has 0 spiro atoms. The summed E-state index contributed by atoms with van der Waals surface area (Å²) in [6.45, 7) is 15.0. The highest BCUT2D eigenvalue weighted by atomic mass is 15.4. The molecule has 8 heteroatoms. The average Bonchev–Trinajstić information content (AvgIpc) is 3.52. The molecule has 4 aliphatic rings. The summed E-state index contributed by atoms with van der Waals surface area (Å²) in [4.78, 5) is 14.1. The van der Waals surface area contributed by atoms with Gasteiger partial charge in [-0.15, -0.1) is 10.2 Å². The number of anilines is 2. The smallest absolute Gasteiger partial charge is 0.245 e. The minimum Gasteiger partial charge on any atom is -0.341 e. The van der Waals surface area contributed by atoms with Gasteiger partial charge in [0.05, 0.1) is 0 Å². The van der Waals surface area contributed by atoms with Crippen LogP contribution in [0.4, 0.5) is 11.9 Å². The zero-order valence-electron chi connectivity index (χ0n) is 22.8. The predicted octanol–water partition coefficient (Wildman–Crippen LogP) is 5.42. The Kier molecular flexibility index (Phi) is 7.77. The van der Waals surface area contributed by atoms with E-state index in [1.165, 1.54) is 62.5 Å². The summed E-state index contributed by atoms with van der Waals surface area (Å²) in [5, 5.41) is 9.37. The molecule has 196 valence electrons. The molecule has 2 saturated heterocycles. The maximum absolute atomic E-state index is 4.71. The number of hydrogen-bond donors (Lipinski definition) is 0. The molecule has 4 fully saturated rings. The van der Waals surface area contributed by atoms with Crippen molar-refractivity contribution in [3.8, 4) is 0 Å². The Morgan fingerprint density at radius 3 is 1.81 bits per heavy atom. The zero-order chi connectivity index (χ0) is 25.1. The maximum atomic E-state index is 4.71. The maximum Gasteiger partial charge on any atom is 0.245 e. The molecule has 6 rings (SSSR count). The van der Waals surface area contributed by atoms with Crippen molar-refractivity contribution in [2.75, 3.05) is 36.0 Å². The number of nitrogens with zero attached hydrogens (tertiary/aromatic N) is 8. The largest absolute Gasteiger partial charge is 0.341 e. The lowest BCUT2D eigenvalue weighted by Gasteiger charge is -2.16. The number of rotatable bonds is 8. The van der Waals surface area contributed by atoms with Crippen molar-refractivity contribution < 1.29 is 0 Å². The molecule has 4 heterocycles. The molecule has 2 aromatic rings. The van der Waals surface area contributed by atoms with Gasteiger partial charge < -0.3 is 9.80 Å². The first-order valence-corrected chi connectivity index (χ1v) is 14.1. The standard InChI is InChI=1S/2C14H22N4/c1-11(2)9-13-15-14(17-7-3-4-8-17)16-18(13)10-12-5-6-12;1-11(2)9-13-15-14(17-7-3-4-8-17)18(16-13)10-12-5-6-12/h2*9,12H,3-8,10H2,1-2H3. The average molecular weight is 493 g/mol. The summed E-state index contributed by atoms with van der Waals surface area (Å²) < 4.78 is 4.25. The minimum atomic E-state index is 0.836. The Balaban J connectivity index is 0.000000148. The minimum absolute atomic E-state index is 0.836. The van der Waals surface area contributed by atoms with Crippen LogP contribution in [0.2, 0.25) is 0 Å². The third-order valence-corrected chi connectivity index (χ3v) is 7.23. The second-order valence-corrected chi connectivity index (χ2v) is 11.6. The first-order chi connectivity index (χ1) is 17.4. The fourth-order valence-electron chi connectivity index (χ4n) is 4.93. The Morgan fingerprint density at radius 2 is 1.25 bits per heavy atom. The van der Waals surface area contributed by atoms with Gasteiger partial charge in [0.25, 0.3) is 0 Å². The predicted molar refractivity (Wildman–Crippen MR) is 147 cm³/mol. The van der Waals surface area contributed by atoms with E-state index < -0.39 is 0 Å². The molecule has 0 bridgehead atoms. The highest BCUT2D eigenvalue weighted by Gasteiger charge is 2.27. The van der Waals surface area contributed by atoms with Crippen LogP contribution >= 0.6 is 0 Å². The van der Waals surface area contributed by atoms with Crippen LogP contribution in [0.1, 0.15) is 90.7 Å². The van der Waals surface area contributed by atoms with Crippen LogP contribution in [0.5, 0.6) is 0 Å². The van der Waals surface area contributed by atoms with Crippen molar-refractivity contribution in [1.82, 2.24) is 29.5 Å². The second kappa shape index (κ2) is 11.2. The fourth-order valence-corrected chi connectivity index (χ4v) is 4.93. The SMILES string of the molecule is CC(C)=Cc1nc(N2CCCC2)n(CC2CC2)n1.CC(C)=Cc1nc(N2CCCC2)nn1CC1CC1. The molecule has 36 heavy (non-hydrogen) atoms. The summed E-state index contributed by atoms with van der Waals surface area (Å²) in [5.74, 6) is 5.60. The quantitative estimate of drug-likeness (QED) is 0.490. The van der Waals surface area contributed by atoms with Crippen molar-refractivity contribution in [1.29, 1.82) is 0 Å². The summed E-state index contributed by atoms with van der Waals surface area (Å²) in [7, 11) is 0. The molecule has 0 unspecified atom stereocenters. The lowest BCUT2D eigenvalue weighted by atomic mass is 10.3. The van der Waals surface area contributed by atoms with E-state index in [9.17, 15) is 0 Å². The molecular weight excluding hydrogens is 448 g/mol. The molecule has 0 N–H and O–H groups in total. The molecule has 2 aromatic heterocycles. The van der Waals surface area contributed by atoms with Gasteiger partial charge in [-0.25, -0.2) is 9.36 Å². The lowest BCUT2D eigenvalue weighted by Crippen LogP contribution is -2.23. The van der Waals surface area contributed by atoms with Crippen molar-refractivity contribution in [2.45, 2.75) is 92.2 Å². The van der Waals surface area contributed by atoms with Gasteiger partial charge in [-0.3, -0.25) is 0 Å². The van der Waals surface area contributed by atoms with Gasteiger partial charge in [-0.1, -0.05) is 11.1 Å². The van der Waals surface area contributed by atoms with Crippen LogP contribution in [0, 0.1) is 11.8 Å². The Hall–Kier alpha value is -2.64. The molecule has 2 saturated carbocycles. The van der Waals surface area contributed by atoms with Gasteiger partial charge in [0, 0.05) is 39.3 Å². The van der Waals surface area contributed by atoms with E-state index in [0.29, 0.717) is 0 Å². The van der Waals surface area contributed by atoms with Gasteiger partial charge in [0.1, 0.15) is 0 Å². The first-order valence-electron chi connectivity index (χ1n) is 14.1. The van der Waals surface area contributed by atoms with Crippen molar-refractivity contribution in [3.05, 3.63) is 22.8 Å². The Morgan fingerprint density at radius 1 is 0.694 bits per heavy atom. The molecule has 0 atom stereocenters. The van der Waals surface area contributed by atoms with Gasteiger partial charge in [-0.2, -0.15) is 9.97 Å². The van der Waals surface area contributed by atoms with Crippen LogP contribution in [-0.2, 0) is 13.1 Å². The van der Waals surface area contributed by atoms with Crippen molar-refractivity contribution in [2.24, 2.45) is 11.8 Å². The van der Waals surface area contributed by atoms with E-state index in [-0.39, 0.29) is 0 Å². The van der Waals surface area contributed by atoms with E-state index in [0.717, 1.165) is 74.6 Å². The molecule has 8 nitrogen and oxygen atoms in total. The van der Waals surface area contributed by atoms with Crippen LogP contribution in [-0.4, -0.2) is 55.7 Å². The van der Waals surface area contributed by atoms with Crippen LogP contribution in [0.3, 0.4) is 0 Å². The third kappa shape index (κ3) is 6.77. The second-order valence-electron chi connectivity index (χ2n) is 11.6. The number of allylic oxidation sites excluding steroid dienone is 2. The molecular formula is C28H44N8. The monoisotopic (exact) mass is 492 g/mol. The molecule has 0 radical (unpaired) electrons.